The van der Waals surface area contributed by atoms with Gasteiger partial charge in [0.1, 0.15) is 5.75 Å². The van der Waals surface area contributed by atoms with E-state index in [0.29, 0.717) is 17.8 Å². The zero-order valence-electron chi connectivity index (χ0n) is 20.5. The van der Waals surface area contributed by atoms with Crippen molar-refractivity contribution >= 4 is 12.0 Å². The van der Waals surface area contributed by atoms with Crippen molar-refractivity contribution in [3.63, 3.8) is 0 Å². The fourth-order valence-corrected chi connectivity index (χ4v) is 4.75. The highest BCUT2D eigenvalue weighted by Crippen LogP contribution is 2.33. The number of nitrogens with one attached hydrogen (secondary N) is 1. The normalized spacial score (nSPS) is 16.1. The molecule has 2 heterocycles. The molecule has 0 spiro atoms. The summed E-state index contributed by atoms with van der Waals surface area (Å²) in [6.07, 6.45) is 7.55. The van der Waals surface area contributed by atoms with Crippen LogP contribution in [0, 0.1) is 0 Å². The SMILES string of the molecule is CNC(=O)Oc1ccc(-c2cnc(CN(C3CC3)C3CCN(C(=O)c4ccccc4)CC3)cn2)cc1. The molecule has 8 heteroatoms. The first-order valence-corrected chi connectivity index (χ1v) is 12.5. The minimum Gasteiger partial charge on any atom is -0.410 e. The van der Waals surface area contributed by atoms with Gasteiger partial charge in [0.2, 0.25) is 0 Å². The number of aromatic nitrogens is 2. The first kappa shape index (κ1) is 23.9. The number of piperidine rings is 1. The number of ether oxygens (including phenoxy) is 1. The minimum absolute atomic E-state index is 0.127. The number of carbonyl (C=O) groups is 2. The maximum Gasteiger partial charge on any atom is 0.412 e. The molecule has 2 aliphatic rings. The summed E-state index contributed by atoms with van der Waals surface area (Å²) in [5, 5.41) is 2.43. The summed E-state index contributed by atoms with van der Waals surface area (Å²) >= 11 is 0. The van der Waals surface area contributed by atoms with Crippen LogP contribution in [-0.4, -0.2) is 64.0 Å². The number of amides is 2. The molecule has 1 N–H and O–H groups in total. The van der Waals surface area contributed by atoms with Gasteiger partial charge in [0.05, 0.1) is 23.8 Å². The molecular weight excluding hydrogens is 454 g/mol. The molecule has 8 nitrogen and oxygen atoms in total. The van der Waals surface area contributed by atoms with Gasteiger partial charge in [0, 0.05) is 49.9 Å². The summed E-state index contributed by atoms with van der Waals surface area (Å²) in [6, 6.07) is 17.8. The van der Waals surface area contributed by atoms with Crippen LogP contribution >= 0.6 is 0 Å². The Kier molecular flexibility index (Phi) is 7.23. The number of hydrogen-bond acceptors (Lipinski definition) is 6. The second-order valence-corrected chi connectivity index (χ2v) is 9.35. The molecule has 5 rings (SSSR count). The topological polar surface area (TPSA) is 87.7 Å². The van der Waals surface area contributed by atoms with E-state index < -0.39 is 6.09 Å². The molecule has 1 aromatic heterocycles. The average molecular weight is 486 g/mol. The van der Waals surface area contributed by atoms with Gasteiger partial charge in [-0.15, -0.1) is 0 Å². The molecular formula is C28H31N5O3. The Morgan fingerprint density at radius 2 is 1.64 bits per heavy atom. The molecule has 0 bridgehead atoms. The van der Waals surface area contributed by atoms with Gasteiger partial charge in [-0.3, -0.25) is 19.7 Å². The molecule has 36 heavy (non-hydrogen) atoms. The van der Waals surface area contributed by atoms with E-state index in [2.05, 4.69) is 15.2 Å². The highest BCUT2D eigenvalue weighted by atomic mass is 16.5. The van der Waals surface area contributed by atoms with E-state index in [-0.39, 0.29) is 5.91 Å². The van der Waals surface area contributed by atoms with Gasteiger partial charge in [0.15, 0.2) is 0 Å². The highest BCUT2D eigenvalue weighted by molar-refractivity contribution is 5.94. The number of nitrogens with zero attached hydrogens (tertiary/aromatic N) is 4. The number of likely N-dealkylation sites (tertiary alicyclic amines) is 1. The lowest BCUT2D eigenvalue weighted by Crippen LogP contribution is -2.47. The Morgan fingerprint density at radius 1 is 0.944 bits per heavy atom. The van der Waals surface area contributed by atoms with E-state index in [1.54, 1.807) is 18.3 Å². The van der Waals surface area contributed by atoms with Crippen LogP contribution in [0.4, 0.5) is 4.79 Å². The quantitative estimate of drug-likeness (QED) is 0.541. The summed E-state index contributed by atoms with van der Waals surface area (Å²) in [7, 11) is 1.52. The van der Waals surface area contributed by atoms with Gasteiger partial charge in [-0.2, -0.15) is 0 Å². The molecule has 0 atom stereocenters. The van der Waals surface area contributed by atoms with E-state index in [9.17, 15) is 9.59 Å². The number of rotatable bonds is 7. The van der Waals surface area contributed by atoms with Crippen LogP contribution in [-0.2, 0) is 6.54 Å². The highest BCUT2D eigenvalue weighted by Gasteiger charge is 2.36. The molecule has 1 aliphatic heterocycles. The van der Waals surface area contributed by atoms with Crippen molar-refractivity contribution in [3.8, 4) is 17.0 Å². The summed E-state index contributed by atoms with van der Waals surface area (Å²) in [5.74, 6) is 0.598. The largest absolute Gasteiger partial charge is 0.412 e. The third-order valence-electron chi connectivity index (χ3n) is 6.87. The van der Waals surface area contributed by atoms with Gasteiger partial charge >= 0.3 is 6.09 Å². The van der Waals surface area contributed by atoms with Crippen molar-refractivity contribution in [1.29, 1.82) is 0 Å². The van der Waals surface area contributed by atoms with E-state index in [1.165, 1.54) is 19.9 Å². The van der Waals surface area contributed by atoms with Gasteiger partial charge in [0.25, 0.3) is 5.91 Å². The summed E-state index contributed by atoms with van der Waals surface area (Å²) in [6.45, 7) is 2.34. The second kappa shape index (κ2) is 10.9. The first-order valence-electron chi connectivity index (χ1n) is 12.5. The maximum atomic E-state index is 12.8. The Labute approximate surface area is 211 Å². The van der Waals surface area contributed by atoms with Gasteiger partial charge in [-0.25, -0.2) is 4.79 Å². The molecule has 186 valence electrons. The minimum atomic E-state index is -0.499. The summed E-state index contributed by atoms with van der Waals surface area (Å²) < 4.78 is 5.13. The Morgan fingerprint density at radius 3 is 2.25 bits per heavy atom. The lowest BCUT2D eigenvalue weighted by atomic mass is 10.0. The van der Waals surface area contributed by atoms with Crippen molar-refractivity contribution in [2.45, 2.75) is 44.3 Å². The van der Waals surface area contributed by atoms with E-state index in [4.69, 9.17) is 9.72 Å². The van der Waals surface area contributed by atoms with Gasteiger partial charge in [-0.05, 0) is 62.1 Å². The van der Waals surface area contributed by atoms with Crippen molar-refractivity contribution in [1.82, 2.24) is 25.1 Å². The van der Waals surface area contributed by atoms with Crippen LogP contribution in [0.5, 0.6) is 5.75 Å². The third kappa shape index (κ3) is 5.71. The van der Waals surface area contributed by atoms with Crippen LogP contribution in [0.1, 0.15) is 41.7 Å². The molecule has 1 saturated carbocycles. The molecule has 2 amide bonds. The van der Waals surface area contributed by atoms with Crippen LogP contribution in [0.25, 0.3) is 11.3 Å². The lowest BCUT2D eigenvalue weighted by Gasteiger charge is -2.38. The second-order valence-electron chi connectivity index (χ2n) is 9.35. The van der Waals surface area contributed by atoms with E-state index in [1.807, 2.05) is 53.6 Å². The Balaban J connectivity index is 1.19. The predicted molar refractivity (Wildman–Crippen MR) is 136 cm³/mol. The third-order valence-corrected chi connectivity index (χ3v) is 6.87. The number of carbonyl (C=O) groups excluding carboxylic acids is 2. The van der Waals surface area contributed by atoms with Crippen molar-refractivity contribution in [2.24, 2.45) is 0 Å². The standard InChI is InChI=1S/C28H31N5O3/c1-29-28(35)36-25-11-7-20(8-12-25)26-18-30-22(17-31-26)19-33(23-9-10-23)24-13-15-32(16-14-24)27(34)21-5-3-2-4-6-21/h2-8,11-12,17-18,23-24H,9-10,13-16,19H2,1H3,(H,29,35). The van der Waals surface area contributed by atoms with Gasteiger partial charge in [-0.1, -0.05) is 18.2 Å². The zero-order valence-corrected chi connectivity index (χ0v) is 20.5. The average Bonchev–Trinajstić information content (AvgIpc) is 3.78. The van der Waals surface area contributed by atoms with E-state index >= 15 is 0 Å². The smallest absolute Gasteiger partial charge is 0.410 e. The van der Waals surface area contributed by atoms with Crippen molar-refractivity contribution in [3.05, 3.63) is 78.2 Å². The van der Waals surface area contributed by atoms with Crippen LogP contribution in [0.15, 0.2) is 67.0 Å². The molecule has 1 aliphatic carbocycles. The Bertz CT molecular complexity index is 1170. The predicted octanol–water partition coefficient (Wildman–Crippen LogP) is 4.13. The van der Waals surface area contributed by atoms with Crippen LogP contribution in [0.2, 0.25) is 0 Å². The van der Waals surface area contributed by atoms with Crippen molar-refractivity contribution < 1.29 is 14.3 Å². The summed E-state index contributed by atoms with van der Waals surface area (Å²) in [4.78, 5) is 38.1. The zero-order chi connectivity index (χ0) is 24.9. The van der Waals surface area contributed by atoms with Crippen LogP contribution < -0.4 is 10.1 Å². The summed E-state index contributed by atoms with van der Waals surface area (Å²) in [5.41, 5.74) is 3.40. The first-order chi connectivity index (χ1) is 17.6. The molecule has 2 fully saturated rings. The number of hydrogen-bond donors (Lipinski definition) is 1. The molecule has 2 aromatic carbocycles. The molecule has 0 unspecified atom stereocenters. The Hall–Kier alpha value is -3.78. The molecule has 0 radical (unpaired) electrons. The van der Waals surface area contributed by atoms with Crippen LogP contribution in [0.3, 0.4) is 0 Å². The number of benzene rings is 2. The fourth-order valence-electron chi connectivity index (χ4n) is 4.75. The fraction of sp³-hybridized carbons (Fsp3) is 0.357. The monoisotopic (exact) mass is 485 g/mol. The molecule has 3 aromatic rings. The van der Waals surface area contributed by atoms with Gasteiger partial charge < -0.3 is 15.0 Å². The maximum absolute atomic E-state index is 12.8. The van der Waals surface area contributed by atoms with E-state index in [0.717, 1.165) is 55.0 Å². The lowest BCUT2D eigenvalue weighted by molar-refractivity contribution is 0.0592. The molecule has 1 saturated heterocycles. The van der Waals surface area contributed by atoms with Crippen molar-refractivity contribution in [2.75, 3.05) is 20.1 Å².